The molecule has 0 fully saturated rings. The molecule has 108 valence electrons. The van der Waals surface area contributed by atoms with Crippen LogP contribution in [0.2, 0.25) is 5.28 Å². The molecule has 0 saturated carbocycles. The maximum Gasteiger partial charge on any atom is 0.322 e. The van der Waals surface area contributed by atoms with Crippen molar-refractivity contribution in [1.82, 2.24) is 15.0 Å². The summed E-state index contributed by atoms with van der Waals surface area (Å²) in [6, 6.07) is 0.536. The molecule has 0 spiro atoms. The minimum atomic E-state index is 0.00357. The van der Waals surface area contributed by atoms with E-state index in [1.54, 1.807) is 0 Å². The SMILES string of the molecule is CCC(C)CC(C)Nc1nc(Cl)nc(OC(C)C)n1. The van der Waals surface area contributed by atoms with Crippen LogP contribution in [0.1, 0.15) is 47.5 Å². The summed E-state index contributed by atoms with van der Waals surface area (Å²) in [6.07, 6.45) is 2.22. The first-order valence-electron chi connectivity index (χ1n) is 6.75. The van der Waals surface area contributed by atoms with Gasteiger partial charge in [0.25, 0.3) is 0 Å². The van der Waals surface area contributed by atoms with Crippen molar-refractivity contribution in [2.75, 3.05) is 5.32 Å². The fraction of sp³-hybridized carbons (Fsp3) is 0.769. The molecule has 19 heavy (non-hydrogen) atoms. The van der Waals surface area contributed by atoms with Crippen molar-refractivity contribution >= 4 is 17.5 Å². The van der Waals surface area contributed by atoms with Gasteiger partial charge in [-0.3, -0.25) is 0 Å². The number of aromatic nitrogens is 3. The number of ether oxygens (including phenoxy) is 1. The standard InChI is InChI=1S/C13H23ClN4O/c1-6-9(4)7-10(5)15-12-16-11(14)17-13(18-12)19-8(2)3/h8-10H,6-7H2,1-5H3,(H,15,16,17,18). The van der Waals surface area contributed by atoms with Gasteiger partial charge >= 0.3 is 6.01 Å². The number of nitrogens with one attached hydrogen (secondary N) is 1. The van der Waals surface area contributed by atoms with Crippen molar-refractivity contribution in [3.8, 4) is 6.01 Å². The first-order valence-corrected chi connectivity index (χ1v) is 7.13. The highest BCUT2D eigenvalue weighted by molar-refractivity contribution is 6.28. The molecule has 1 aromatic rings. The van der Waals surface area contributed by atoms with Gasteiger partial charge in [-0.1, -0.05) is 20.3 Å². The number of halogens is 1. The first kappa shape index (κ1) is 16.0. The van der Waals surface area contributed by atoms with Gasteiger partial charge < -0.3 is 10.1 Å². The predicted molar refractivity (Wildman–Crippen MR) is 77.8 cm³/mol. The summed E-state index contributed by atoms with van der Waals surface area (Å²) in [6.45, 7) is 10.3. The molecule has 1 N–H and O–H groups in total. The van der Waals surface area contributed by atoms with Crippen molar-refractivity contribution in [3.63, 3.8) is 0 Å². The maximum absolute atomic E-state index is 5.87. The van der Waals surface area contributed by atoms with Crippen LogP contribution in [-0.2, 0) is 0 Å². The zero-order chi connectivity index (χ0) is 14.4. The quantitative estimate of drug-likeness (QED) is 0.830. The molecule has 6 heteroatoms. The Morgan fingerprint density at radius 2 is 1.84 bits per heavy atom. The number of anilines is 1. The van der Waals surface area contributed by atoms with Crippen LogP contribution >= 0.6 is 11.6 Å². The second-order valence-electron chi connectivity index (χ2n) is 5.17. The molecule has 1 rings (SSSR count). The number of nitrogens with zero attached hydrogens (tertiary/aromatic N) is 3. The van der Waals surface area contributed by atoms with Gasteiger partial charge in [0.15, 0.2) is 0 Å². The Bertz CT molecular complexity index is 400. The molecule has 0 bridgehead atoms. The monoisotopic (exact) mass is 286 g/mol. The van der Waals surface area contributed by atoms with Gasteiger partial charge in [-0.2, -0.15) is 15.0 Å². The fourth-order valence-electron chi connectivity index (χ4n) is 1.71. The molecule has 0 amide bonds. The van der Waals surface area contributed by atoms with Gasteiger partial charge in [-0.15, -0.1) is 0 Å². The highest BCUT2D eigenvalue weighted by atomic mass is 35.5. The van der Waals surface area contributed by atoms with Crippen LogP contribution in [0.5, 0.6) is 6.01 Å². The minimum Gasteiger partial charge on any atom is -0.461 e. The first-order chi connectivity index (χ1) is 8.90. The predicted octanol–water partition coefficient (Wildman–Crippen LogP) is 3.55. The summed E-state index contributed by atoms with van der Waals surface area (Å²) in [4.78, 5) is 12.2. The van der Waals surface area contributed by atoms with Crippen molar-refractivity contribution in [3.05, 3.63) is 5.28 Å². The van der Waals surface area contributed by atoms with Crippen LogP contribution in [0.15, 0.2) is 0 Å². The molecular formula is C13H23ClN4O. The van der Waals surface area contributed by atoms with Crippen LogP contribution in [0.25, 0.3) is 0 Å². The molecule has 0 aliphatic carbocycles. The molecule has 0 aromatic carbocycles. The van der Waals surface area contributed by atoms with E-state index < -0.39 is 0 Å². The summed E-state index contributed by atoms with van der Waals surface area (Å²) < 4.78 is 5.43. The minimum absolute atomic E-state index is 0.00357. The molecule has 5 nitrogen and oxygen atoms in total. The largest absolute Gasteiger partial charge is 0.461 e. The van der Waals surface area contributed by atoms with E-state index in [2.05, 4.69) is 41.0 Å². The van der Waals surface area contributed by atoms with E-state index in [0.29, 0.717) is 11.9 Å². The van der Waals surface area contributed by atoms with Gasteiger partial charge in [-0.05, 0) is 44.7 Å². The Morgan fingerprint density at radius 1 is 1.16 bits per heavy atom. The van der Waals surface area contributed by atoms with Crippen molar-refractivity contribution < 1.29 is 4.74 Å². The number of rotatable bonds is 7. The highest BCUT2D eigenvalue weighted by Gasteiger charge is 2.12. The van der Waals surface area contributed by atoms with Crippen LogP contribution in [-0.4, -0.2) is 27.1 Å². The average molecular weight is 287 g/mol. The lowest BCUT2D eigenvalue weighted by atomic mass is 10.0. The molecular weight excluding hydrogens is 264 g/mol. The third-order valence-corrected chi connectivity index (χ3v) is 2.93. The van der Waals surface area contributed by atoms with Gasteiger partial charge in [0.1, 0.15) is 0 Å². The molecule has 0 radical (unpaired) electrons. The molecule has 2 unspecified atom stereocenters. The third-order valence-electron chi connectivity index (χ3n) is 2.76. The lowest BCUT2D eigenvalue weighted by Crippen LogP contribution is -2.20. The summed E-state index contributed by atoms with van der Waals surface area (Å²) in [5, 5.41) is 3.38. The lowest BCUT2D eigenvalue weighted by Gasteiger charge is -2.17. The maximum atomic E-state index is 5.87. The third kappa shape index (κ3) is 6.05. The van der Waals surface area contributed by atoms with E-state index >= 15 is 0 Å². The van der Waals surface area contributed by atoms with E-state index in [1.807, 2.05) is 13.8 Å². The molecule has 1 aromatic heterocycles. The van der Waals surface area contributed by atoms with Crippen LogP contribution in [0.4, 0.5) is 5.95 Å². The number of hydrogen-bond donors (Lipinski definition) is 1. The van der Waals surface area contributed by atoms with Gasteiger partial charge in [0.05, 0.1) is 6.10 Å². The van der Waals surface area contributed by atoms with Crippen LogP contribution in [0, 0.1) is 5.92 Å². The van der Waals surface area contributed by atoms with E-state index in [4.69, 9.17) is 16.3 Å². The average Bonchev–Trinajstić information content (AvgIpc) is 2.26. The Labute approximate surface area is 120 Å². The van der Waals surface area contributed by atoms with Gasteiger partial charge in [-0.25, -0.2) is 0 Å². The molecule has 0 saturated heterocycles. The Morgan fingerprint density at radius 3 is 2.42 bits per heavy atom. The molecule has 1 heterocycles. The summed E-state index contributed by atoms with van der Waals surface area (Å²) in [5.74, 6) is 1.12. The van der Waals surface area contributed by atoms with E-state index in [0.717, 1.165) is 12.8 Å². The summed E-state index contributed by atoms with van der Waals surface area (Å²) in [5.41, 5.74) is 0. The van der Waals surface area contributed by atoms with E-state index in [1.165, 1.54) is 0 Å². The summed E-state index contributed by atoms with van der Waals surface area (Å²) in [7, 11) is 0. The van der Waals surface area contributed by atoms with Crippen molar-refractivity contribution in [2.45, 2.75) is 59.6 Å². The Kier molecular flexibility index (Phi) is 6.28. The second kappa shape index (κ2) is 7.48. The van der Waals surface area contributed by atoms with Crippen molar-refractivity contribution in [2.24, 2.45) is 5.92 Å². The Hall–Kier alpha value is -1.10. The topological polar surface area (TPSA) is 59.9 Å². The zero-order valence-corrected chi connectivity index (χ0v) is 13.0. The van der Waals surface area contributed by atoms with E-state index in [-0.39, 0.29) is 23.4 Å². The van der Waals surface area contributed by atoms with Gasteiger partial charge in [0.2, 0.25) is 11.2 Å². The second-order valence-corrected chi connectivity index (χ2v) is 5.51. The summed E-state index contributed by atoms with van der Waals surface area (Å²) >= 11 is 5.87. The zero-order valence-electron chi connectivity index (χ0n) is 12.3. The van der Waals surface area contributed by atoms with Crippen LogP contribution in [0.3, 0.4) is 0 Å². The normalized spacial score (nSPS) is 14.3. The van der Waals surface area contributed by atoms with E-state index in [9.17, 15) is 0 Å². The number of hydrogen-bond acceptors (Lipinski definition) is 5. The smallest absolute Gasteiger partial charge is 0.322 e. The fourth-order valence-corrected chi connectivity index (χ4v) is 1.86. The molecule has 0 aliphatic heterocycles. The van der Waals surface area contributed by atoms with Crippen LogP contribution < -0.4 is 10.1 Å². The molecule has 0 aliphatic rings. The highest BCUT2D eigenvalue weighted by Crippen LogP contribution is 2.16. The molecule has 2 atom stereocenters. The lowest BCUT2D eigenvalue weighted by molar-refractivity contribution is 0.222. The van der Waals surface area contributed by atoms with Gasteiger partial charge in [0, 0.05) is 6.04 Å². The Balaban J connectivity index is 2.69. The van der Waals surface area contributed by atoms with Crippen molar-refractivity contribution in [1.29, 1.82) is 0 Å².